The highest BCUT2D eigenvalue weighted by atomic mass is 35.5. The second-order valence-electron chi connectivity index (χ2n) is 3.66. The van der Waals surface area contributed by atoms with E-state index in [2.05, 4.69) is 22.1 Å². The summed E-state index contributed by atoms with van der Waals surface area (Å²) in [6.07, 6.45) is 1.82. The molecule has 0 spiro atoms. The Balaban J connectivity index is 2.23. The molecule has 0 bridgehead atoms. The number of alkyl halides is 1. The number of halogens is 1. The van der Waals surface area contributed by atoms with Crippen LogP contribution in [0.4, 0.5) is 0 Å². The van der Waals surface area contributed by atoms with E-state index in [0.29, 0.717) is 5.88 Å². The number of hydrogen-bond acceptors (Lipinski definition) is 3. The fourth-order valence-corrected chi connectivity index (χ4v) is 2.82. The molecule has 1 aromatic carbocycles. The van der Waals surface area contributed by atoms with Crippen LogP contribution in [0.2, 0.25) is 0 Å². The zero-order chi connectivity index (χ0) is 11.7. The summed E-state index contributed by atoms with van der Waals surface area (Å²) in [5.41, 5.74) is 1.84. The van der Waals surface area contributed by atoms with Crippen LogP contribution in [0, 0.1) is 0 Å². The Kier molecular flexibility index (Phi) is 2.79. The van der Waals surface area contributed by atoms with Gasteiger partial charge in [0, 0.05) is 17.0 Å². The highest BCUT2D eigenvalue weighted by Gasteiger charge is 2.08. The molecule has 3 aromatic rings. The number of thiazole rings is 1. The van der Waals surface area contributed by atoms with Crippen LogP contribution in [0.3, 0.4) is 0 Å². The van der Waals surface area contributed by atoms with E-state index in [1.807, 2.05) is 29.8 Å². The van der Waals surface area contributed by atoms with Gasteiger partial charge < -0.3 is 0 Å². The van der Waals surface area contributed by atoms with E-state index in [0.717, 1.165) is 21.8 Å². The first-order valence-corrected chi connectivity index (χ1v) is 6.64. The molecule has 0 saturated heterocycles. The summed E-state index contributed by atoms with van der Waals surface area (Å²) in [7, 11) is 0. The van der Waals surface area contributed by atoms with Crippen molar-refractivity contribution in [1.82, 2.24) is 9.97 Å². The molecule has 2 nitrogen and oxygen atoms in total. The lowest BCUT2D eigenvalue weighted by molar-refractivity contribution is 1.21. The number of hydrogen-bond donors (Lipinski definition) is 0. The normalized spacial score (nSPS) is 10.9. The molecule has 0 fully saturated rings. The molecule has 0 aliphatic carbocycles. The van der Waals surface area contributed by atoms with E-state index in [4.69, 9.17) is 11.6 Å². The van der Waals surface area contributed by atoms with Crippen molar-refractivity contribution >= 4 is 33.7 Å². The lowest BCUT2D eigenvalue weighted by atomic mass is 10.1. The Labute approximate surface area is 108 Å². The van der Waals surface area contributed by atoms with Gasteiger partial charge in [0.05, 0.1) is 11.6 Å². The lowest BCUT2D eigenvalue weighted by Gasteiger charge is -2.01. The third-order valence-corrected chi connectivity index (χ3v) is 3.74. The first kappa shape index (κ1) is 10.7. The Morgan fingerprint density at radius 3 is 2.88 bits per heavy atom. The highest BCUT2D eigenvalue weighted by molar-refractivity contribution is 7.13. The third kappa shape index (κ3) is 1.92. The second-order valence-corrected chi connectivity index (χ2v) is 4.78. The highest BCUT2D eigenvalue weighted by Crippen LogP contribution is 2.28. The van der Waals surface area contributed by atoms with E-state index in [-0.39, 0.29) is 0 Å². The maximum Gasteiger partial charge on any atom is 0.142 e. The van der Waals surface area contributed by atoms with E-state index < -0.39 is 0 Å². The smallest absolute Gasteiger partial charge is 0.142 e. The molecule has 4 heteroatoms. The van der Waals surface area contributed by atoms with Gasteiger partial charge in [-0.2, -0.15) is 0 Å². The van der Waals surface area contributed by atoms with Crippen molar-refractivity contribution in [2.24, 2.45) is 0 Å². The van der Waals surface area contributed by atoms with Crippen molar-refractivity contribution in [1.29, 1.82) is 0 Å². The minimum atomic E-state index is 0.446. The van der Waals surface area contributed by atoms with Crippen LogP contribution in [-0.4, -0.2) is 9.97 Å². The molecule has 0 aliphatic rings. The van der Waals surface area contributed by atoms with Gasteiger partial charge in [0.25, 0.3) is 0 Å². The van der Waals surface area contributed by atoms with Gasteiger partial charge in [0.2, 0.25) is 0 Å². The summed E-state index contributed by atoms with van der Waals surface area (Å²) in [4.78, 5) is 8.90. The van der Waals surface area contributed by atoms with Crippen LogP contribution in [0.15, 0.2) is 41.9 Å². The summed E-state index contributed by atoms with van der Waals surface area (Å²) in [6, 6.07) is 10.2. The first-order chi connectivity index (χ1) is 8.38. The van der Waals surface area contributed by atoms with Crippen molar-refractivity contribution in [3.8, 4) is 10.7 Å². The Morgan fingerprint density at radius 2 is 2.06 bits per heavy atom. The molecule has 2 heterocycles. The molecule has 0 N–H and O–H groups in total. The molecule has 0 amide bonds. The summed E-state index contributed by atoms with van der Waals surface area (Å²) in [5.74, 6) is 0.446. The molecule has 0 aliphatic heterocycles. The van der Waals surface area contributed by atoms with Crippen LogP contribution in [0.5, 0.6) is 0 Å². The third-order valence-electron chi connectivity index (χ3n) is 2.56. The number of nitrogens with zero attached hydrogens (tertiary/aromatic N) is 2. The van der Waals surface area contributed by atoms with Crippen molar-refractivity contribution in [2.45, 2.75) is 5.88 Å². The molecule has 2 aromatic heterocycles. The van der Waals surface area contributed by atoms with E-state index in [1.54, 1.807) is 11.3 Å². The van der Waals surface area contributed by atoms with E-state index in [1.165, 1.54) is 5.39 Å². The SMILES string of the molecule is ClCc1csc(-c2nccc3ccccc23)n1. The summed E-state index contributed by atoms with van der Waals surface area (Å²) in [6.45, 7) is 0. The maximum absolute atomic E-state index is 5.77. The van der Waals surface area contributed by atoms with E-state index in [9.17, 15) is 0 Å². The van der Waals surface area contributed by atoms with Gasteiger partial charge in [-0.1, -0.05) is 24.3 Å². The Hall–Kier alpha value is -1.45. The van der Waals surface area contributed by atoms with Gasteiger partial charge in [-0.05, 0) is 11.5 Å². The number of rotatable bonds is 2. The fraction of sp³-hybridized carbons (Fsp3) is 0.0769. The van der Waals surface area contributed by atoms with Crippen molar-refractivity contribution in [3.63, 3.8) is 0 Å². The number of pyridine rings is 1. The predicted molar refractivity (Wildman–Crippen MR) is 72.4 cm³/mol. The number of fused-ring (bicyclic) bond motifs is 1. The van der Waals surface area contributed by atoms with Gasteiger partial charge >= 0.3 is 0 Å². The molecule has 0 radical (unpaired) electrons. The first-order valence-electron chi connectivity index (χ1n) is 5.23. The maximum atomic E-state index is 5.77. The molecule has 84 valence electrons. The van der Waals surface area contributed by atoms with Gasteiger partial charge in [-0.3, -0.25) is 4.98 Å². The minimum Gasteiger partial charge on any atom is -0.253 e. The summed E-state index contributed by atoms with van der Waals surface area (Å²) < 4.78 is 0. The number of aromatic nitrogens is 2. The van der Waals surface area contributed by atoms with Crippen LogP contribution >= 0.6 is 22.9 Å². The molecule has 0 atom stereocenters. The quantitative estimate of drug-likeness (QED) is 0.649. The second kappa shape index (κ2) is 4.43. The van der Waals surface area contributed by atoms with Gasteiger partial charge in [0.15, 0.2) is 0 Å². The Bertz CT molecular complexity index is 658. The predicted octanol–water partition coefficient (Wildman–Crippen LogP) is 4.10. The summed E-state index contributed by atoms with van der Waals surface area (Å²) in [5, 5.41) is 5.22. The zero-order valence-electron chi connectivity index (χ0n) is 8.93. The average molecular weight is 261 g/mol. The van der Waals surface area contributed by atoms with Crippen LogP contribution in [0.1, 0.15) is 5.69 Å². The summed E-state index contributed by atoms with van der Waals surface area (Å²) >= 11 is 7.35. The molecule has 3 rings (SSSR count). The fourth-order valence-electron chi connectivity index (χ4n) is 1.77. The van der Waals surface area contributed by atoms with Crippen LogP contribution in [-0.2, 0) is 5.88 Å². The van der Waals surface area contributed by atoms with E-state index >= 15 is 0 Å². The zero-order valence-corrected chi connectivity index (χ0v) is 10.5. The molecule has 17 heavy (non-hydrogen) atoms. The Morgan fingerprint density at radius 1 is 1.18 bits per heavy atom. The van der Waals surface area contributed by atoms with Crippen LogP contribution in [0.25, 0.3) is 21.5 Å². The van der Waals surface area contributed by atoms with Crippen molar-refractivity contribution < 1.29 is 0 Å². The number of benzene rings is 1. The minimum absolute atomic E-state index is 0.446. The molecule has 0 saturated carbocycles. The monoisotopic (exact) mass is 260 g/mol. The molecular weight excluding hydrogens is 252 g/mol. The molecule has 0 unspecified atom stereocenters. The lowest BCUT2D eigenvalue weighted by Crippen LogP contribution is -1.85. The van der Waals surface area contributed by atoms with Crippen molar-refractivity contribution in [2.75, 3.05) is 0 Å². The average Bonchev–Trinajstić information content (AvgIpc) is 2.87. The van der Waals surface area contributed by atoms with Crippen molar-refractivity contribution in [3.05, 3.63) is 47.6 Å². The van der Waals surface area contributed by atoms with Crippen LogP contribution < -0.4 is 0 Å². The largest absolute Gasteiger partial charge is 0.253 e. The topological polar surface area (TPSA) is 25.8 Å². The molecular formula is C13H9ClN2S. The van der Waals surface area contributed by atoms with Gasteiger partial charge in [0.1, 0.15) is 10.7 Å². The van der Waals surface area contributed by atoms with Gasteiger partial charge in [-0.15, -0.1) is 22.9 Å². The van der Waals surface area contributed by atoms with Gasteiger partial charge in [-0.25, -0.2) is 4.98 Å². The standard InChI is InChI=1S/C13H9ClN2S/c14-7-10-8-17-13(16-10)12-11-4-2-1-3-9(11)5-6-15-12/h1-6,8H,7H2.